The van der Waals surface area contributed by atoms with E-state index in [1.54, 1.807) is 6.20 Å². The number of aromatic hydroxyl groups is 1. The molecule has 0 saturated carbocycles. The van der Waals surface area contributed by atoms with Crippen LogP contribution in [0.2, 0.25) is 21.6 Å². The molecule has 0 bridgehead atoms. The molecule has 5 rings (SSSR count). The Morgan fingerprint density at radius 1 is 1.18 bits per heavy atom. The smallest absolute Gasteiger partial charge is 0.320 e. The molecule has 14 heteroatoms. The minimum Gasteiger partial charge on any atom is -0.493 e. The molecule has 0 amide bonds. The molecule has 1 aromatic carbocycles. The number of alkyl halides is 1. The summed E-state index contributed by atoms with van der Waals surface area (Å²) in [6, 6.07) is 2.75. The number of fused-ring (bicyclic) bond motifs is 2. The van der Waals surface area contributed by atoms with Gasteiger partial charge in [0, 0.05) is 30.8 Å². The minimum atomic E-state index is -2.13. The maximum absolute atomic E-state index is 15.7. The molecule has 9 nitrogen and oxygen atoms in total. The molecule has 272 valence electrons. The van der Waals surface area contributed by atoms with E-state index >= 15 is 4.39 Å². The second kappa shape index (κ2) is 15.5. The number of rotatable bonds is 12. The summed E-state index contributed by atoms with van der Waals surface area (Å²) in [5, 5.41) is 14.6. The van der Waals surface area contributed by atoms with Gasteiger partial charge in [-0.2, -0.15) is 9.97 Å². The maximum atomic E-state index is 15.7. The average molecular weight is 794 g/mol. The predicted molar refractivity (Wildman–Crippen MR) is 201 cm³/mol. The normalized spacial score (nSPS) is 20.7. The lowest BCUT2D eigenvalue weighted by molar-refractivity contribution is 0.107. The lowest BCUT2D eigenvalue weighted by Gasteiger charge is -2.38. The molecule has 50 heavy (non-hydrogen) atoms. The van der Waals surface area contributed by atoms with Crippen molar-refractivity contribution in [1.29, 1.82) is 0 Å². The van der Waals surface area contributed by atoms with Crippen molar-refractivity contribution in [2.45, 2.75) is 108 Å². The first-order valence-corrected chi connectivity index (χ1v) is 20.7. The van der Waals surface area contributed by atoms with Crippen LogP contribution in [0.3, 0.4) is 0 Å². The van der Waals surface area contributed by atoms with Crippen LogP contribution in [0.15, 0.2) is 22.8 Å². The number of ether oxygens (including phenoxy) is 2. The van der Waals surface area contributed by atoms with Crippen LogP contribution in [-0.4, -0.2) is 77.1 Å². The molecule has 3 aromatic rings. The van der Waals surface area contributed by atoms with E-state index < -0.39 is 37.5 Å². The fourth-order valence-electron chi connectivity index (χ4n) is 8.19. The molecule has 4 heterocycles. The highest BCUT2D eigenvalue weighted by molar-refractivity contribution is 9.10. The molecule has 2 saturated heterocycles. The molecule has 2 aliphatic heterocycles. The third-order valence-corrected chi connectivity index (χ3v) is 18.3. The topological polar surface area (TPSA) is 119 Å². The number of hydrogen-bond donors (Lipinski definition) is 3. The molecule has 4 N–H and O–H groups in total. The van der Waals surface area contributed by atoms with Gasteiger partial charge in [0.25, 0.3) is 0 Å². The molecular formula is C36H48BrClF2N6O3Si. The Labute approximate surface area is 308 Å². The van der Waals surface area contributed by atoms with E-state index in [0.717, 1.165) is 24.9 Å². The van der Waals surface area contributed by atoms with Crippen LogP contribution in [0, 0.1) is 17.3 Å². The zero-order chi connectivity index (χ0) is 36.5. The van der Waals surface area contributed by atoms with Gasteiger partial charge >= 0.3 is 6.01 Å². The molecule has 0 aliphatic carbocycles. The zero-order valence-electron chi connectivity index (χ0n) is 29.8. The zero-order valence-corrected chi connectivity index (χ0v) is 33.1. The highest BCUT2D eigenvalue weighted by Crippen LogP contribution is 2.46. The van der Waals surface area contributed by atoms with Crippen LogP contribution in [0.5, 0.6) is 17.6 Å². The number of hydrogen-bond acceptors (Lipinski definition) is 9. The van der Waals surface area contributed by atoms with Crippen molar-refractivity contribution in [3.63, 3.8) is 0 Å². The summed E-state index contributed by atoms with van der Waals surface area (Å²) < 4.78 is 42.2. The number of pyridine rings is 1. The first-order valence-electron chi connectivity index (χ1n) is 17.3. The van der Waals surface area contributed by atoms with E-state index in [0.29, 0.717) is 35.4 Å². The van der Waals surface area contributed by atoms with Crippen molar-refractivity contribution < 1.29 is 23.4 Å². The summed E-state index contributed by atoms with van der Waals surface area (Å²) in [6.07, 6.45) is 2.76. The molecule has 0 radical (unpaired) electrons. The summed E-state index contributed by atoms with van der Waals surface area (Å²) >= 11 is 9.91. The van der Waals surface area contributed by atoms with E-state index in [2.05, 4.69) is 94.1 Å². The van der Waals surface area contributed by atoms with E-state index in [4.69, 9.17) is 26.8 Å². The van der Waals surface area contributed by atoms with Crippen molar-refractivity contribution in [3.8, 4) is 29.1 Å². The van der Waals surface area contributed by atoms with E-state index in [1.807, 2.05) is 19.1 Å². The van der Waals surface area contributed by atoms with Gasteiger partial charge in [-0.1, -0.05) is 65.1 Å². The SMILES string of the molecule is CC(N[C@@H](C#C[Si](C(C)C)(C(C)C)C(C)C)COc1c(Cl)c(Br)c(F)c2nc(OC[C@@]34CCCN3C[C@H](F)C4)nc(O)c12)c1cccnc1N. The minimum absolute atomic E-state index is 0.00199. The monoisotopic (exact) mass is 792 g/mol. The van der Waals surface area contributed by atoms with Crippen LogP contribution in [-0.2, 0) is 0 Å². The van der Waals surface area contributed by atoms with Gasteiger partial charge in [0.15, 0.2) is 11.6 Å². The quantitative estimate of drug-likeness (QED) is 0.0949. The Hall–Kier alpha value is -2.76. The van der Waals surface area contributed by atoms with Crippen molar-refractivity contribution >= 4 is 52.3 Å². The third-order valence-electron chi connectivity index (χ3n) is 10.6. The highest BCUT2D eigenvalue weighted by atomic mass is 79.9. The third kappa shape index (κ3) is 7.42. The second-order valence-corrected chi connectivity index (χ2v) is 21.3. The van der Waals surface area contributed by atoms with Gasteiger partial charge in [-0.25, -0.2) is 13.8 Å². The molecule has 4 atom stereocenters. The predicted octanol–water partition coefficient (Wildman–Crippen LogP) is 8.14. The van der Waals surface area contributed by atoms with Crippen LogP contribution in [0.1, 0.15) is 79.3 Å². The molecule has 2 fully saturated rings. The van der Waals surface area contributed by atoms with Gasteiger partial charge in [-0.3, -0.25) is 10.2 Å². The Morgan fingerprint density at radius 3 is 2.54 bits per heavy atom. The number of nitrogen functional groups attached to an aromatic ring is 1. The molecule has 1 unspecified atom stereocenters. The molecule has 2 aliphatic rings. The van der Waals surface area contributed by atoms with Crippen LogP contribution in [0.25, 0.3) is 10.9 Å². The van der Waals surface area contributed by atoms with E-state index in [9.17, 15) is 9.50 Å². The summed E-state index contributed by atoms with van der Waals surface area (Å²) in [6.45, 7) is 16.7. The number of nitrogens with zero attached hydrogens (tertiary/aromatic N) is 4. The lowest BCUT2D eigenvalue weighted by Crippen LogP contribution is -2.44. The van der Waals surface area contributed by atoms with Crippen LogP contribution in [0.4, 0.5) is 14.6 Å². The Balaban J connectivity index is 1.49. The molecule has 0 spiro atoms. The van der Waals surface area contributed by atoms with Gasteiger partial charge in [0.1, 0.15) is 55.2 Å². The Bertz CT molecular complexity index is 1750. The van der Waals surface area contributed by atoms with Crippen LogP contribution >= 0.6 is 27.5 Å². The largest absolute Gasteiger partial charge is 0.493 e. The summed E-state index contributed by atoms with van der Waals surface area (Å²) in [7, 11) is -2.13. The van der Waals surface area contributed by atoms with Gasteiger partial charge in [-0.05, 0) is 64.9 Å². The van der Waals surface area contributed by atoms with Crippen molar-refractivity contribution in [2.75, 3.05) is 32.0 Å². The van der Waals surface area contributed by atoms with E-state index in [1.165, 1.54) is 0 Å². The highest BCUT2D eigenvalue weighted by Gasteiger charge is 2.49. The Kier molecular flexibility index (Phi) is 11.9. The van der Waals surface area contributed by atoms with E-state index in [-0.39, 0.29) is 51.4 Å². The second-order valence-electron chi connectivity index (χ2n) is 14.6. The summed E-state index contributed by atoms with van der Waals surface area (Å²) in [5.74, 6) is 2.57. The molecular weight excluding hydrogens is 746 g/mol. The maximum Gasteiger partial charge on any atom is 0.320 e. The van der Waals surface area contributed by atoms with Crippen molar-refractivity contribution in [1.82, 2.24) is 25.2 Å². The number of anilines is 1. The first kappa shape index (κ1) is 38.5. The number of aromatic nitrogens is 3. The summed E-state index contributed by atoms with van der Waals surface area (Å²) in [4.78, 5) is 14.8. The van der Waals surface area contributed by atoms with Crippen molar-refractivity contribution in [2.24, 2.45) is 0 Å². The number of benzene rings is 1. The Morgan fingerprint density at radius 2 is 1.88 bits per heavy atom. The van der Waals surface area contributed by atoms with Gasteiger partial charge < -0.3 is 20.3 Å². The fourth-order valence-corrected chi connectivity index (χ4v) is 14.1. The molecule has 2 aromatic heterocycles. The van der Waals surface area contributed by atoms with Crippen LogP contribution < -0.4 is 20.5 Å². The number of halogens is 4. The standard InChI is InChI=1S/C36H48BrClF2N6O3Si/c1-20(2)50(21(3)4,22(5)6)15-11-25(43-23(7)26-10-8-13-42-33(26)41)18-48-32-27-31(30(40)28(37)29(32)38)44-35(45-34(27)47)49-19-36-12-9-14-46(36)17-24(39)16-36/h8,10,13,20-25,43H,9,12,14,16-19H2,1-7H3,(H2,41,42)(H,44,45,47)/t23?,24-,25+,36+/m1/s1. The first-order chi connectivity index (χ1) is 23.6. The van der Waals surface area contributed by atoms with Gasteiger partial charge in [0.05, 0.1) is 10.0 Å². The van der Waals surface area contributed by atoms with Crippen molar-refractivity contribution in [3.05, 3.63) is 39.2 Å². The fraction of sp³-hybridized carbons (Fsp3) is 0.583. The summed E-state index contributed by atoms with van der Waals surface area (Å²) in [5.41, 5.74) is 11.3. The lowest BCUT2D eigenvalue weighted by atomic mass is 9.95. The van der Waals surface area contributed by atoms with Gasteiger partial charge in [0.2, 0.25) is 5.88 Å². The number of nitrogens with one attached hydrogen (secondary N) is 1. The average Bonchev–Trinajstić information content (AvgIpc) is 3.58. The van der Waals surface area contributed by atoms with Gasteiger partial charge in [-0.15, -0.1) is 5.54 Å². The number of nitrogens with two attached hydrogens (primary N) is 1.